The summed E-state index contributed by atoms with van der Waals surface area (Å²) in [6, 6.07) is 10.2. The third kappa shape index (κ3) is 3.17. The van der Waals surface area contributed by atoms with E-state index < -0.39 is 6.43 Å². The van der Waals surface area contributed by atoms with Crippen LogP contribution in [0.5, 0.6) is 0 Å². The van der Waals surface area contributed by atoms with Gasteiger partial charge >= 0.3 is 0 Å². The van der Waals surface area contributed by atoms with Crippen molar-refractivity contribution in [2.75, 3.05) is 0 Å². The number of hydrogen-bond donors (Lipinski definition) is 1. The highest BCUT2D eigenvalue weighted by atomic mass is 19.3. The summed E-state index contributed by atoms with van der Waals surface area (Å²) in [5, 5.41) is 3.23. The Morgan fingerprint density at radius 3 is 2.72 bits per heavy atom. The molecule has 2 aromatic rings. The van der Waals surface area contributed by atoms with E-state index in [2.05, 4.69) is 5.32 Å². The first-order valence-corrected chi connectivity index (χ1v) is 5.80. The van der Waals surface area contributed by atoms with Gasteiger partial charge in [-0.05, 0) is 30.7 Å². The summed E-state index contributed by atoms with van der Waals surface area (Å²) in [5.41, 5.74) is 0.895. The van der Waals surface area contributed by atoms with Gasteiger partial charge in [0, 0.05) is 12.1 Å². The Balaban J connectivity index is 1.96. The SMILES string of the molecule is C[C@H](NCc1cccc(C(F)F)c1)c1ccco1. The van der Waals surface area contributed by atoms with Crippen molar-refractivity contribution >= 4 is 0 Å². The van der Waals surface area contributed by atoms with Crippen LogP contribution in [0, 0.1) is 0 Å². The Labute approximate surface area is 105 Å². The average Bonchev–Trinajstić information content (AvgIpc) is 2.90. The van der Waals surface area contributed by atoms with E-state index in [-0.39, 0.29) is 11.6 Å². The summed E-state index contributed by atoms with van der Waals surface area (Å²) >= 11 is 0. The molecule has 1 N–H and O–H groups in total. The van der Waals surface area contributed by atoms with Gasteiger partial charge in [-0.2, -0.15) is 0 Å². The predicted molar refractivity (Wildman–Crippen MR) is 65.4 cm³/mol. The minimum Gasteiger partial charge on any atom is -0.468 e. The van der Waals surface area contributed by atoms with Crippen LogP contribution in [0.15, 0.2) is 47.1 Å². The van der Waals surface area contributed by atoms with Gasteiger partial charge in [-0.25, -0.2) is 8.78 Å². The predicted octanol–water partition coefficient (Wildman–Crippen LogP) is 4.07. The molecule has 0 aliphatic carbocycles. The second kappa shape index (κ2) is 5.78. The molecule has 2 rings (SSSR count). The van der Waals surface area contributed by atoms with E-state index in [1.165, 1.54) is 12.1 Å². The molecular formula is C14H15F2NO. The second-order valence-electron chi connectivity index (χ2n) is 4.16. The molecule has 0 amide bonds. The van der Waals surface area contributed by atoms with E-state index in [0.29, 0.717) is 6.54 Å². The van der Waals surface area contributed by atoms with Gasteiger partial charge in [0.25, 0.3) is 6.43 Å². The summed E-state index contributed by atoms with van der Waals surface area (Å²) < 4.78 is 30.3. The number of rotatable bonds is 5. The van der Waals surface area contributed by atoms with Gasteiger partial charge in [0.2, 0.25) is 0 Å². The van der Waals surface area contributed by atoms with Crippen LogP contribution in [0.1, 0.15) is 36.3 Å². The van der Waals surface area contributed by atoms with Crippen molar-refractivity contribution in [1.29, 1.82) is 0 Å². The van der Waals surface area contributed by atoms with Crippen molar-refractivity contribution in [3.63, 3.8) is 0 Å². The maximum absolute atomic E-state index is 12.5. The average molecular weight is 251 g/mol. The normalized spacial score (nSPS) is 12.9. The Hall–Kier alpha value is -1.68. The molecule has 1 heterocycles. The number of furan rings is 1. The largest absolute Gasteiger partial charge is 0.468 e. The van der Waals surface area contributed by atoms with Gasteiger partial charge in [0.15, 0.2) is 0 Å². The highest BCUT2D eigenvalue weighted by Gasteiger charge is 2.09. The van der Waals surface area contributed by atoms with Crippen molar-refractivity contribution in [2.45, 2.75) is 25.9 Å². The van der Waals surface area contributed by atoms with Crippen molar-refractivity contribution in [3.8, 4) is 0 Å². The molecule has 1 aromatic heterocycles. The number of halogens is 2. The highest BCUT2D eigenvalue weighted by Crippen LogP contribution is 2.20. The summed E-state index contributed by atoms with van der Waals surface area (Å²) in [5.74, 6) is 0.833. The second-order valence-corrected chi connectivity index (χ2v) is 4.16. The highest BCUT2D eigenvalue weighted by molar-refractivity contribution is 5.24. The monoisotopic (exact) mass is 251 g/mol. The molecule has 0 bridgehead atoms. The lowest BCUT2D eigenvalue weighted by Crippen LogP contribution is -2.17. The molecule has 0 radical (unpaired) electrons. The first-order valence-electron chi connectivity index (χ1n) is 5.80. The summed E-state index contributed by atoms with van der Waals surface area (Å²) in [7, 11) is 0. The van der Waals surface area contributed by atoms with Crippen LogP contribution in [0.25, 0.3) is 0 Å². The zero-order chi connectivity index (χ0) is 13.0. The van der Waals surface area contributed by atoms with Gasteiger partial charge in [-0.15, -0.1) is 0 Å². The van der Waals surface area contributed by atoms with E-state index in [4.69, 9.17) is 4.42 Å². The molecule has 0 spiro atoms. The van der Waals surface area contributed by atoms with Crippen molar-refractivity contribution < 1.29 is 13.2 Å². The molecule has 2 nitrogen and oxygen atoms in total. The molecule has 4 heteroatoms. The van der Waals surface area contributed by atoms with Crippen LogP contribution in [-0.4, -0.2) is 0 Å². The van der Waals surface area contributed by atoms with Gasteiger partial charge < -0.3 is 9.73 Å². The molecule has 18 heavy (non-hydrogen) atoms. The van der Waals surface area contributed by atoms with E-state index in [9.17, 15) is 8.78 Å². The van der Waals surface area contributed by atoms with E-state index >= 15 is 0 Å². The molecule has 0 saturated heterocycles. The van der Waals surface area contributed by atoms with Crippen molar-refractivity contribution in [3.05, 3.63) is 59.5 Å². The standard InChI is InChI=1S/C14H15F2NO/c1-10(13-6-3-7-18-13)17-9-11-4-2-5-12(8-11)14(15)16/h2-8,10,14,17H,9H2,1H3/t10-/m0/s1. The van der Waals surface area contributed by atoms with E-state index in [1.54, 1.807) is 12.3 Å². The fourth-order valence-electron chi connectivity index (χ4n) is 1.75. The smallest absolute Gasteiger partial charge is 0.263 e. The molecule has 1 aromatic carbocycles. The van der Waals surface area contributed by atoms with E-state index in [0.717, 1.165) is 11.3 Å². The maximum atomic E-state index is 12.5. The fraction of sp³-hybridized carbons (Fsp3) is 0.286. The first kappa shape index (κ1) is 12.8. The molecular weight excluding hydrogens is 236 g/mol. The maximum Gasteiger partial charge on any atom is 0.263 e. The molecule has 0 fully saturated rings. The molecule has 96 valence electrons. The zero-order valence-electron chi connectivity index (χ0n) is 10.1. The van der Waals surface area contributed by atoms with Gasteiger partial charge in [0.05, 0.1) is 12.3 Å². The van der Waals surface area contributed by atoms with Crippen molar-refractivity contribution in [1.82, 2.24) is 5.32 Å². The summed E-state index contributed by atoms with van der Waals surface area (Å²) in [6.07, 6.45) is -0.808. The summed E-state index contributed by atoms with van der Waals surface area (Å²) in [4.78, 5) is 0. The van der Waals surface area contributed by atoms with Gasteiger partial charge in [-0.1, -0.05) is 18.2 Å². The van der Waals surface area contributed by atoms with Crippen LogP contribution < -0.4 is 5.32 Å². The lowest BCUT2D eigenvalue weighted by Gasteiger charge is -2.12. The number of benzene rings is 1. The topological polar surface area (TPSA) is 25.2 Å². The lowest BCUT2D eigenvalue weighted by atomic mass is 10.1. The van der Waals surface area contributed by atoms with Crippen LogP contribution >= 0.6 is 0 Å². The Morgan fingerprint density at radius 1 is 1.22 bits per heavy atom. The van der Waals surface area contributed by atoms with E-state index in [1.807, 2.05) is 25.1 Å². The van der Waals surface area contributed by atoms with Crippen LogP contribution in [-0.2, 0) is 6.54 Å². The molecule has 1 atom stereocenters. The molecule has 0 aliphatic rings. The van der Waals surface area contributed by atoms with Gasteiger partial charge in [-0.3, -0.25) is 0 Å². The quantitative estimate of drug-likeness (QED) is 0.866. The van der Waals surface area contributed by atoms with Gasteiger partial charge in [0.1, 0.15) is 5.76 Å². The first-order chi connectivity index (χ1) is 8.66. The van der Waals surface area contributed by atoms with Crippen molar-refractivity contribution in [2.24, 2.45) is 0 Å². The fourth-order valence-corrected chi connectivity index (χ4v) is 1.75. The Morgan fingerprint density at radius 2 is 2.06 bits per heavy atom. The van der Waals surface area contributed by atoms with Crippen LogP contribution in [0.3, 0.4) is 0 Å². The van der Waals surface area contributed by atoms with Crippen LogP contribution in [0.4, 0.5) is 8.78 Å². The zero-order valence-corrected chi connectivity index (χ0v) is 10.1. The Bertz CT molecular complexity index is 482. The minimum absolute atomic E-state index is 0.0511. The third-order valence-corrected chi connectivity index (χ3v) is 2.79. The lowest BCUT2D eigenvalue weighted by molar-refractivity contribution is 0.151. The third-order valence-electron chi connectivity index (χ3n) is 2.79. The number of nitrogens with one attached hydrogen (secondary N) is 1. The molecule has 0 saturated carbocycles. The molecule has 0 unspecified atom stereocenters. The number of hydrogen-bond acceptors (Lipinski definition) is 2. The Kier molecular flexibility index (Phi) is 4.10. The van der Waals surface area contributed by atoms with Crippen LogP contribution in [0.2, 0.25) is 0 Å². The minimum atomic E-state index is -2.42. The number of alkyl halides is 2. The summed E-state index contributed by atoms with van der Waals surface area (Å²) in [6.45, 7) is 2.50. The molecule has 0 aliphatic heterocycles.